The number of fused-ring (bicyclic) bond motifs is 1. The summed E-state index contributed by atoms with van der Waals surface area (Å²) < 4.78 is 12.7. The zero-order chi connectivity index (χ0) is 11.8. The van der Waals surface area contributed by atoms with Gasteiger partial charge >= 0.3 is 0 Å². The van der Waals surface area contributed by atoms with Gasteiger partial charge in [0.05, 0.1) is 0 Å². The van der Waals surface area contributed by atoms with Crippen molar-refractivity contribution in [3.05, 3.63) is 35.6 Å². The zero-order valence-corrected chi connectivity index (χ0v) is 9.45. The first kappa shape index (κ1) is 10.7. The molecular formula is C13H15FN2O. The molecule has 2 fully saturated rings. The van der Waals surface area contributed by atoms with Crippen LogP contribution in [0.15, 0.2) is 24.3 Å². The van der Waals surface area contributed by atoms with Crippen LogP contribution in [-0.4, -0.2) is 25.0 Å². The summed E-state index contributed by atoms with van der Waals surface area (Å²) in [5.41, 5.74) is 0.511. The molecule has 3 nitrogen and oxygen atoms in total. The molecule has 2 aliphatic rings. The van der Waals surface area contributed by atoms with E-state index >= 15 is 0 Å². The summed E-state index contributed by atoms with van der Waals surface area (Å²) >= 11 is 0. The maximum Gasteiger partial charge on any atom is 0.251 e. The first-order chi connectivity index (χ1) is 8.24. The molecule has 1 aliphatic heterocycles. The van der Waals surface area contributed by atoms with Crippen LogP contribution in [0.1, 0.15) is 16.8 Å². The minimum atomic E-state index is -0.320. The van der Waals surface area contributed by atoms with Crippen LogP contribution in [0.2, 0.25) is 0 Å². The third-order valence-electron chi connectivity index (χ3n) is 3.73. The van der Waals surface area contributed by atoms with Crippen molar-refractivity contribution < 1.29 is 9.18 Å². The van der Waals surface area contributed by atoms with Crippen molar-refractivity contribution in [3.8, 4) is 0 Å². The molecule has 2 N–H and O–H groups in total. The highest BCUT2D eigenvalue weighted by Crippen LogP contribution is 2.44. The third kappa shape index (κ3) is 2.17. The van der Waals surface area contributed by atoms with Gasteiger partial charge in [-0.1, -0.05) is 0 Å². The lowest BCUT2D eigenvalue weighted by molar-refractivity contribution is 0.0949. The van der Waals surface area contributed by atoms with E-state index < -0.39 is 0 Å². The Morgan fingerprint density at radius 3 is 2.76 bits per heavy atom. The fourth-order valence-electron chi connectivity index (χ4n) is 2.58. The van der Waals surface area contributed by atoms with E-state index in [9.17, 15) is 9.18 Å². The quantitative estimate of drug-likeness (QED) is 0.824. The highest BCUT2D eigenvalue weighted by Gasteiger charge is 2.47. The van der Waals surface area contributed by atoms with E-state index in [0.717, 1.165) is 18.4 Å². The molecule has 0 spiro atoms. The largest absolute Gasteiger partial charge is 0.350 e. The van der Waals surface area contributed by atoms with E-state index in [-0.39, 0.29) is 11.7 Å². The smallest absolute Gasteiger partial charge is 0.251 e. The van der Waals surface area contributed by atoms with Crippen LogP contribution in [0.3, 0.4) is 0 Å². The Kier molecular flexibility index (Phi) is 2.59. The van der Waals surface area contributed by atoms with E-state index in [0.29, 0.717) is 18.2 Å². The van der Waals surface area contributed by atoms with E-state index in [1.54, 1.807) is 0 Å². The molecule has 1 aliphatic carbocycles. The maximum atomic E-state index is 12.7. The Morgan fingerprint density at radius 2 is 2.18 bits per heavy atom. The van der Waals surface area contributed by atoms with Crippen molar-refractivity contribution in [2.75, 3.05) is 13.1 Å². The fraction of sp³-hybridized carbons (Fsp3) is 0.462. The SMILES string of the molecule is O=C(NC[C@H]1NC[C@H]2C[C@H]21)c1ccc(F)cc1. The second-order valence-electron chi connectivity index (χ2n) is 4.89. The molecule has 0 bridgehead atoms. The molecule has 4 heteroatoms. The molecule has 3 atom stereocenters. The highest BCUT2D eigenvalue weighted by atomic mass is 19.1. The summed E-state index contributed by atoms with van der Waals surface area (Å²) in [6.45, 7) is 1.75. The number of halogens is 1. The topological polar surface area (TPSA) is 41.1 Å². The van der Waals surface area contributed by atoms with Crippen LogP contribution >= 0.6 is 0 Å². The van der Waals surface area contributed by atoms with Crippen molar-refractivity contribution >= 4 is 5.91 Å². The standard InChI is InChI=1S/C13H15FN2O/c14-10-3-1-8(2-4-10)13(17)16-7-12-11-5-9(11)6-15-12/h1-4,9,11-12,15H,5-7H2,(H,16,17)/t9-,11-,12-/m1/s1. The highest BCUT2D eigenvalue weighted by molar-refractivity contribution is 5.94. The van der Waals surface area contributed by atoms with Crippen molar-refractivity contribution in [2.24, 2.45) is 11.8 Å². The minimum absolute atomic E-state index is 0.129. The van der Waals surface area contributed by atoms with Crippen molar-refractivity contribution in [3.63, 3.8) is 0 Å². The van der Waals surface area contributed by atoms with Gasteiger partial charge in [0.1, 0.15) is 5.82 Å². The molecule has 1 saturated heterocycles. The number of carbonyl (C=O) groups excluding carboxylic acids is 1. The number of amides is 1. The van der Waals surface area contributed by atoms with Crippen LogP contribution in [0, 0.1) is 17.7 Å². The summed E-state index contributed by atoms with van der Waals surface area (Å²) in [5.74, 6) is 1.14. The van der Waals surface area contributed by atoms with Gasteiger partial charge in [-0.2, -0.15) is 0 Å². The Labute approximate surface area is 99.4 Å². The molecule has 17 heavy (non-hydrogen) atoms. The Hall–Kier alpha value is -1.42. The summed E-state index contributed by atoms with van der Waals surface area (Å²) in [7, 11) is 0. The second kappa shape index (κ2) is 4.11. The zero-order valence-electron chi connectivity index (χ0n) is 9.45. The molecule has 3 rings (SSSR count). The molecule has 0 unspecified atom stereocenters. The first-order valence-electron chi connectivity index (χ1n) is 6.01. The lowest BCUT2D eigenvalue weighted by atomic mass is 10.2. The number of carbonyl (C=O) groups is 1. The van der Waals surface area contributed by atoms with Gasteiger partial charge in [-0.3, -0.25) is 4.79 Å². The fourth-order valence-corrected chi connectivity index (χ4v) is 2.58. The van der Waals surface area contributed by atoms with Gasteiger partial charge in [-0.15, -0.1) is 0 Å². The second-order valence-corrected chi connectivity index (χ2v) is 4.89. The molecular weight excluding hydrogens is 219 g/mol. The third-order valence-corrected chi connectivity index (χ3v) is 3.73. The predicted octanol–water partition coefficient (Wildman–Crippen LogP) is 1.16. The molecule has 0 radical (unpaired) electrons. The molecule has 0 aromatic heterocycles. The predicted molar refractivity (Wildman–Crippen MR) is 62.1 cm³/mol. The summed E-state index contributed by atoms with van der Waals surface area (Å²) in [4.78, 5) is 11.8. The monoisotopic (exact) mass is 234 g/mol. The molecule has 1 amide bonds. The molecule has 90 valence electrons. The molecule has 1 aromatic rings. The number of piperidine rings is 1. The van der Waals surface area contributed by atoms with Gasteiger partial charge in [0.25, 0.3) is 5.91 Å². The van der Waals surface area contributed by atoms with Gasteiger partial charge in [-0.25, -0.2) is 4.39 Å². The van der Waals surface area contributed by atoms with Gasteiger partial charge in [0, 0.05) is 18.2 Å². The van der Waals surface area contributed by atoms with E-state index in [1.807, 2.05) is 0 Å². The average Bonchev–Trinajstić information content (AvgIpc) is 3.01. The number of rotatable bonds is 3. The summed E-state index contributed by atoms with van der Waals surface area (Å²) in [6.07, 6.45) is 1.30. The van der Waals surface area contributed by atoms with Gasteiger partial charge in [0.15, 0.2) is 0 Å². The van der Waals surface area contributed by atoms with Crippen molar-refractivity contribution in [2.45, 2.75) is 12.5 Å². The Bertz CT molecular complexity index is 432. The molecule has 1 saturated carbocycles. The summed E-state index contributed by atoms with van der Waals surface area (Å²) in [5, 5.41) is 6.29. The molecule has 1 aromatic carbocycles. The van der Waals surface area contributed by atoms with Crippen LogP contribution < -0.4 is 10.6 Å². The number of nitrogens with one attached hydrogen (secondary N) is 2. The maximum absolute atomic E-state index is 12.7. The Morgan fingerprint density at radius 1 is 1.41 bits per heavy atom. The van der Waals surface area contributed by atoms with Crippen molar-refractivity contribution in [1.82, 2.24) is 10.6 Å². The van der Waals surface area contributed by atoms with Crippen LogP contribution in [0.4, 0.5) is 4.39 Å². The van der Waals surface area contributed by atoms with Crippen molar-refractivity contribution in [1.29, 1.82) is 0 Å². The first-order valence-corrected chi connectivity index (χ1v) is 6.01. The Balaban J connectivity index is 1.54. The van der Waals surface area contributed by atoms with Crippen LogP contribution in [-0.2, 0) is 0 Å². The lowest BCUT2D eigenvalue weighted by Gasteiger charge is -2.14. The van der Waals surface area contributed by atoms with Gasteiger partial charge in [-0.05, 0) is 49.1 Å². The van der Waals surface area contributed by atoms with Gasteiger partial charge < -0.3 is 10.6 Å². The normalized spacial score (nSPS) is 29.8. The van der Waals surface area contributed by atoms with Crippen LogP contribution in [0.25, 0.3) is 0 Å². The average molecular weight is 234 g/mol. The van der Waals surface area contributed by atoms with E-state index in [1.165, 1.54) is 30.7 Å². The number of hydrogen-bond donors (Lipinski definition) is 2. The van der Waals surface area contributed by atoms with Gasteiger partial charge in [0.2, 0.25) is 0 Å². The van der Waals surface area contributed by atoms with Crippen LogP contribution in [0.5, 0.6) is 0 Å². The number of benzene rings is 1. The van der Waals surface area contributed by atoms with E-state index in [4.69, 9.17) is 0 Å². The summed E-state index contributed by atoms with van der Waals surface area (Å²) in [6, 6.07) is 6.04. The number of hydrogen-bond acceptors (Lipinski definition) is 2. The minimum Gasteiger partial charge on any atom is -0.350 e. The van der Waals surface area contributed by atoms with E-state index in [2.05, 4.69) is 10.6 Å². The lowest BCUT2D eigenvalue weighted by Crippen LogP contribution is -2.39. The molecule has 1 heterocycles.